The van der Waals surface area contributed by atoms with Crippen LogP contribution in [0, 0.1) is 0 Å². The maximum atomic E-state index is 11.0. The van der Waals surface area contributed by atoms with Crippen molar-refractivity contribution in [2.75, 3.05) is 6.79 Å². The third-order valence-electron chi connectivity index (χ3n) is 3.03. The predicted octanol–water partition coefficient (Wildman–Crippen LogP) is 1.76. The number of aryl methyl sites for hydroxylation is 1. The van der Waals surface area contributed by atoms with Gasteiger partial charge < -0.3 is 9.47 Å². The molecule has 0 N–H and O–H groups in total. The molecule has 4 nitrogen and oxygen atoms in total. The van der Waals surface area contributed by atoms with Gasteiger partial charge >= 0.3 is 0 Å². The van der Waals surface area contributed by atoms with Crippen LogP contribution in [0.25, 0.3) is 0 Å². The number of Topliss-reactive ketones (excluding diaryl/α,β-unsaturated/α-hetero) is 1. The van der Waals surface area contributed by atoms with E-state index in [-0.39, 0.29) is 11.8 Å². The second kappa shape index (κ2) is 3.87. The van der Waals surface area contributed by atoms with Gasteiger partial charge in [0, 0.05) is 5.71 Å². The van der Waals surface area contributed by atoms with Crippen LogP contribution in [0.2, 0.25) is 0 Å². The summed E-state index contributed by atoms with van der Waals surface area (Å²) < 4.78 is 10.6. The summed E-state index contributed by atoms with van der Waals surface area (Å²) in [6.45, 7) is 1.89. The highest BCUT2D eigenvalue weighted by Gasteiger charge is 2.30. The number of nitrogens with zero attached hydrogens (tertiary/aromatic N) is 1. The van der Waals surface area contributed by atoms with E-state index >= 15 is 0 Å². The summed E-state index contributed by atoms with van der Waals surface area (Å²) >= 11 is 0. The molecule has 2 aliphatic heterocycles. The van der Waals surface area contributed by atoms with Crippen LogP contribution in [0.5, 0.6) is 11.5 Å². The minimum absolute atomic E-state index is 0.121. The molecule has 0 amide bonds. The molecule has 3 rings (SSSR count). The van der Waals surface area contributed by atoms with Gasteiger partial charge in [0.15, 0.2) is 17.3 Å². The van der Waals surface area contributed by atoms with Crippen LogP contribution >= 0.6 is 0 Å². The molecule has 0 saturated heterocycles. The van der Waals surface area contributed by atoms with Gasteiger partial charge in [-0.15, -0.1) is 0 Å². The number of carbonyl (C=O) groups excluding carboxylic acids is 1. The highest BCUT2D eigenvalue weighted by Crippen LogP contribution is 2.33. The molecule has 88 valence electrons. The molecule has 1 aromatic carbocycles. The summed E-state index contributed by atoms with van der Waals surface area (Å²) in [5.41, 5.74) is 2.21. The minimum Gasteiger partial charge on any atom is -0.454 e. The Morgan fingerprint density at radius 1 is 1.35 bits per heavy atom. The number of hydrogen-bond donors (Lipinski definition) is 0. The van der Waals surface area contributed by atoms with Crippen molar-refractivity contribution in [3.63, 3.8) is 0 Å². The van der Waals surface area contributed by atoms with E-state index < -0.39 is 0 Å². The summed E-state index contributed by atoms with van der Waals surface area (Å²) in [6.07, 6.45) is 1.74. The summed E-state index contributed by atoms with van der Waals surface area (Å²) in [7, 11) is 0. The second-order valence-corrected chi connectivity index (χ2v) is 4.32. The zero-order chi connectivity index (χ0) is 11.8. The van der Waals surface area contributed by atoms with Crippen molar-refractivity contribution in [2.24, 2.45) is 4.99 Å². The van der Waals surface area contributed by atoms with Crippen LogP contribution in [0.1, 0.15) is 18.9 Å². The Hall–Kier alpha value is -1.84. The Morgan fingerprint density at radius 3 is 2.94 bits per heavy atom. The molecule has 17 heavy (non-hydrogen) atoms. The van der Waals surface area contributed by atoms with Crippen molar-refractivity contribution in [3.8, 4) is 11.5 Å². The monoisotopic (exact) mass is 231 g/mol. The summed E-state index contributed by atoms with van der Waals surface area (Å²) in [5, 5.41) is 0. The van der Waals surface area contributed by atoms with E-state index in [1.54, 1.807) is 6.92 Å². The lowest BCUT2D eigenvalue weighted by molar-refractivity contribution is -0.116. The quantitative estimate of drug-likeness (QED) is 0.793. The maximum absolute atomic E-state index is 11.0. The molecular formula is C13H13NO3. The molecular weight excluding hydrogens is 218 g/mol. The zero-order valence-corrected chi connectivity index (χ0v) is 9.60. The first-order valence-corrected chi connectivity index (χ1v) is 5.69. The molecule has 2 heterocycles. The van der Waals surface area contributed by atoms with Crippen molar-refractivity contribution in [1.29, 1.82) is 0 Å². The lowest BCUT2D eigenvalue weighted by Crippen LogP contribution is -2.08. The van der Waals surface area contributed by atoms with E-state index in [9.17, 15) is 4.79 Å². The van der Waals surface area contributed by atoms with E-state index in [1.807, 2.05) is 18.2 Å². The average Bonchev–Trinajstić information content (AvgIpc) is 2.95. The van der Waals surface area contributed by atoms with Crippen LogP contribution in [-0.2, 0) is 11.2 Å². The summed E-state index contributed by atoms with van der Waals surface area (Å²) in [5.74, 6) is 1.76. The fourth-order valence-electron chi connectivity index (χ4n) is 2.02. The molecule has 0 radical (unpaired) electrons. The van der Waals surface area contributed by atoms with Gasteiger partial charge in [-0.05, 0) is 37.5 Å². The number of hydrogen-bond acceptors (Lipinski definition) is 4. The number of carbonyl (C=O) groups is 1. The maximum Gasteiger partial charge on any atom is 0.231 e. The lowest BCUT2D eigenvalue weighted by atomic mass is 10.1. The van der Waals surface area contributed by atoms with Gasteiger partial charge in [-0.3, -0.25) is 9.79 Å². The first kappa shape index (κ1) is 10.3. The van der Waals surface area contributed by atoms with E-state index in [2.05, 4.69) is 4.99 Å². The molecule has 0 aliphatic carbocycles. The Morgan fingerprint density at radius 2 is 2.18 bits per heavy atom. The van der Waals surface area contributed by atoms with Crippen LogP contribution in [-0.4, -0.2) is 24.3 Å². The number of aliphatic imine (C=N–C) groups is 1. The first-order chi connectivity index (χ1) is 8.24. The molecule has 4 heteroatoms. The number of ether oxygens (including phenoxy) is 2. The molecule has 1 aromatic rings. The molecule has 0 bridgehead atoms. The minimum atomic E-state index is -0.121. The Kier molecular flexibility index (Phi) is 2.35. The van der Waals surface area contributed by atoms with Gasteiger partial charge in [0.05, 0.1) is 0 Å². The molecule has 0 fully saturated rings. The smallest absolute Gasteiger partial charge is 0.231 e. The topological polar surface area (TPSA) is 47.9 Å². The van der Waals surface area contributed by atoms with Crippen LogP contribution in [0.15, 0.2) is 23.2 Å². The highest BCUT2D eigenvalue weighted by molar-refractivity contribution is 6.17. The molecule has 1 unspecified atom stereocenters. The largest absolute Gasteiger partial charge is 0.454 e. The number of ketones is 1. The normalized spacial score (nSPS) is 20.1. The van der Waals surface area contributed by atoms with Crippen LogP contribution in [0.4, 0.5) is 0 Å². The molecule has 0 aromatic heterocycles. The van der Waals surface area contributed by atoms with E-state index in [1.165, 1.54) is 5.56 Å². The summed E-state index contributed by atoms with van der Waals surface area (Å²) in [6, 6.07) is 5.83. The SMILES string of the molecule is CC(=O)C1N=C1CCc1ccc2c(c1)OCO2. The van der Waals surface area contributed by atoms with Crippen LogP contribution in [0.3, 0.4) is 0 Å². The Bertz CT molecular complexity index is 507. The molecule has 0 spiro atoms. The molecule has 2 aliphatic rings. The fraction of sp³-hybridized carbons (Fsp3) is 0.385. The van der Waals surface area contributed by atoms with Gasteiger partial charge in [0.2, 0.25) is 6.79 Å². The van der Waals surface area contributed by atoms with Crippen molar-refractivity contribution in [3.05, 3.63) is 23.8 Å². The Labute approximate surface area is 99.3 Å². The zero-order valence-electron chi connectivity index (χ0n) is 9.60. The van der Waals surface area contributed by atoms with Crippen molar-refractivity contribution in [1.82, 2.24) is 0 Å². The van der Waals surface area contributed by atoms with Gasteiger partial charge in [-0.25, -0.2) is 0 Å². The number of rotatable bonds is 4. The molecule has 0 saturated carbocycles. The summed E-state index contributed by atoms with van der Waals surface area (Å²) in [4.78, 5) is 15.2. The van der Waals surface area contributed by atoms with Crippen molar-refractivity contribution >= 4 is 11.5 Å². The lowest BCUT2D eigenvalue weighted by Gasteiger charge is -2.01. The van der Waals surface area contributed by atoms with Gasteiger partial charge in [-0.1, -0.05) is 6.07 Å². The van der Waals surface area contributed by atoms with Gasteiger partial charge in [0.1, 0.15) is 6.04 Å². The first-order valence-electron chi connectivity index (χ1n) is 5.69. The highest BCUT2D eigenvalue weighted by atomic mass is 16.7. The third-order valence-corrected chi connectivity index (χ3v) is 3.03. The van der Waals surface area contributed by atoms with Gasteiger partial charge in [0.25, 0.3) is 0 Å². The third kappa shape index (κ3) is 2.02. The fourth-order valence-corrected chi connectivity index (χ4v) is 2.02. The van der Waals surface area contributed by atoms with E-state index in [0.29, 0.717) is 6.79 Å². The number of fused-ring (bicyclic) bond motifs is 1. The second-order valence-electron chi connectivity index (χ2n) is 4.32. The van der Waals surface area contributed by atoms with E-state index in [0.717, 1.165) is 30.1 Å². The van der Waals surface area contributed by atoms with Crippen LogP contribution < -0.4 is 9.47 Å². The van der Waals surface area contributed by atoms with Crippen molar-refractivity contribution < 1.29 is 14.3 Å². The number of benzene rings is 1. The average molecular weight is 231 g/mol. The van der Waals surface area contributed by atoms with Gasteiger partial charge in [-0.2, -0.15) is 0 Å². The standard InChI is InChI=1S/C13H13NO3/c1-8(15)13-10(14-13)4-2-9-3-5-11-12(6-9)17-7-16-11/h3,5-6,13H,2,4,7H2,1H3. The predicted molar refractivity (Wildman–Crippen MR) is 62.8 cm³/mol. The van der Waals surface area contributed by atoms with Crippen molar-refractivity contribution in [2.45, 2.75) is 25.8 Å². The Balaban J connectivity index is 1.59. The molecule has 1 atom stereocenters. The van der Waals surface area contributed by atoms with E-state index in [4.69, 9.17) is 9.47 Å².